The summed E-state index contributed by atoms with van der Waals surface area (Å²) in [5.41, 5.74) is 8.19. The summed E-state index contributed by atoms with van der Waals surface area (Å²) >= 11 is 0. The van der Waals surface area contributed by atoms with Gasteiger partial charge in [-0.3, -0.25) is 9.89 Å². The van der Waals surface area contributed by atoms with E-state index in [4.69, 9.17) is 5.73 Å². The molecule has 3 N–H and O–H groups in total. The van der Waals surface area contributed by atoms with Crippen molar-refractivity contribution in [2.24, 2.45) is 5.92 Å². The van der Waals surface area contributed by atoms with E-state index in [1.807, 2.05) is 31.1 Å². The lowest BCUT2D eigenvalue weighted by molar-refractivity contribution is -0.141. The maximum absolute atomic E-state index is 12.9. The lowest BCUT2D eigenvalue weighted by Gasteiger charge is -2.33. The Hall–Kier alpha value is -2.51. The van der Waals surface area contributed by atoms with E-state index in [0.29, 0.717) is 24.7 Å². The number of anilines is 1. The highest BCUT2D eigenvalue weighted by atomic mass is 19.4. The minimum Gasteiger partial charge on any atom is -0.399 e. The predicted molar refractivity (Wildman–Crippen MR) is 96.0 cm³/mol. The van der Waals surface area contributed by atoms with Gasteiger partial charge < -0.3 is 10.6 Å². The van der Waals surface area contributed by atoms with Gasteiger partial charge >= 0.3 is 6.18 Å². The molecule has 8 heteroatoms. The first-order valence-electron chi connectivity index (χ1n) is 8.93. The molecule has 146 valence electrons. The van der Waals surface area contributed by atoms with E-state index in [2.05, 4.69) is 5.10 Å². The molecule has 0 radical (unpaired) electrons. The highest BCUT2D eigenvalue weighted by Crippen LogP contribution is 2.31. The number of amides is 1. The fourth-order valence-electron chi connectivity index (χ4n) is 3.29. The Morgan fingerprint density at radius 3 is 2.59 bits per heavy atom. The van der Waals surface area contributed by atoms with Crippen LogP contribution in [-0.4, -0.2) is 27.5 Å². The fourth-order valence-corrected chi connectivity index (χ4v) is 3.29. The number of halogens is 3. The molecule has 0 aliphatic heterocycles. The lowest BCUT2D eigenvalue weighted by atomic mass is 9.85. The molecular weight excluding hydrogens is 357 g/mol. The molecule has 5 nitrogen and oxygen atoms in total. The number of hydrogen-bond donors (Lipinski definition) is 2. The number of nitrogens with two attached hydrogens (primary N) is 1. The molecule has 1 heterocycles. The molecule has 0 atom stereocenters. The number of carbonyl (C=O) groups excluding carboxylic acids is 1. The second-order valence-electron chi connectivity index (χ2n) is 7.22. The van der Waals surface area contributed by atoms with Gasteiger partial charge in [-0.25, -0.2) is 0 Å². The van der Waals surface area contributed by atoms with E-state index >= 15 is 0 Å². The van der Waals surface area contributed by atoms with Crippen LogP contribution in [0.3, 0.4) is 0 Å². The zero-order valence-electron chi connectivity index (χ0n) is 15.4. The van der Waals surface area contributed by atoms with Gasteiger partial charge in [0.25, 0.3) is 5.91 Å². The second-order valence-corrected chi connectivity index (χ2v) is 7.22. The van der Waals surface area contributed by atoms with Crippen LogP contribution in [0.15, 0.2) is 18.2 Å². The van der Waals surface area contributed by atoms with Crippen LogP contribution in [0.4, 0.5) is 18.9 Å². The van der Waals surface area contributed by atoms with Gasteiger partial charge in [-0.1, -0.05) is 12.5 Å². The molecule has 2 aromatic rings. The first kappa shape index (κ1) is 19.3. The van der Waals surface area contributed by atoms with Crippen LogP contribution in [-0.2, 0) is 12.7 Å². The standard InChI is InChI=1S/C19H23F3N4O/c1-11-6-7-15(23)12(2)14(11)10-26(9-13-4-3-5-13)18(27)16-8-17(25-24-16)19(20,21)22/h6-8,13H,3-5,9-10,23H2,1-2H3,(H,24,25). The summed E-state index contributed by atoms with van der Waals surface area (Å²) in [4.78, 5) is 14.5. The minimum atomic E-state index is -4.56. The van der Waals surface area contributed by atoms with Crippen molar-refractivity contribution in [1.82, 2.24) is 15.1 Å². The van der Waals surface area contributed by atoms with E-state index in [1.165, 1.54) is 0 Å². The normalized spacial score (nSPS) is 14.9. The molecule has 1 aliphatic carbocycles. The van der Waals surface area contributed by atoms with Crippen molar-refractivity contribution in [3.63, 3.8) is 0 Å². The quantitative estimate of drug-likeness (QED) is 0.768. The number of hydrogen-bond acceptors (Lipinski definition) is 3. The summed E-state index contributed by atoms with van der Waals surface area (Å²) < 4.78 is 38.5. The summed E-state index contributed by atoms with van der Waals surface area (Å²) in [6.07, 6.45) is -1.41. The number of nitrogens with one attached hydrogen (secondary N) is 1. The molecular formula is C19H23F3N4O. The molecule has 0 bridgehead atoms. The highest BCUT2D eigenvalue weighted by molar-refractivity contribution is 5.92. The Bertz CT molecular complexity index is 840. The molecule has 1 fully saturated rings. The van der Waals surface area contributed by atoms with Crippen LogP contribution >= 0.6 is 0 Å². The van der Waals surface area contributed by atoms with Gasteiger partial charge in [-0.15, -0.1) is 0 Å². The number of nitrogens with zero attached hydrogens (tertiary/aromatic N) is 2. The molecule has 0 unspecified atom stereocenters. The topological polar surface area (TPSA) is 75.0 Å². The van der Waals surface area contributed by atoms with E-state index < -0.39 is 17.8 Å². The summed E-state index contributed by atoms with van der Waals surface area (Å²) in [6.45, 7) is 4.62. The highest BCUT2D eigenvalue weighted by Gasteiger charge is 2.35. The SMILES string of the molecule is Cc1ccc(N)c(C)c1CN(CC1CCC1)C(=O)c1cc(C(F)(F)F)[nH]n1. The third-order valence-corrected chi connectivity index (χ3v) is 5.32. The van der Waals surface area contributed by atoms with Crippen LogP contribution in [0.2, 0.25) is 0 Å². The van der Waals surface area contributed by atoms with Crippen molar-refractivity contribution in [2.75, 3.05) is 12.3 Å². The molecule has 1 aromatic heterocycles. The van der Waals surface area contributed by atoms with E-state index in [-0.39, 0.29) is 5.69 Å². The van der Waals surface area contributed by atoms with Crippen molar-refractivity contribution >= 4 is 11.6 Å². The number of H-pyrrole nitrogens is 1. The summed E-state index contributed by atoms with van der Waals surface area (Å²) in [5, 5.41) is 5.51. The molecule has 1 amide bonds. The van der Waals surface area contributed by atoms with Crippen molar-refractivity contribution in [3.05, 3.63) is 46.3 Å². The monoisotopic (exact) mass is 380 g/mol. The molecule has 0 spiro atoms. The van der Waals surface area contributed by atoms with Gasteiger partial charge in [-0.05, 0) is 55.4 Å². The number of benzene rings is 1. The minimum absolute atomic E-state index is 0.221. The zero-order chi connectivity index (χ0) is 19.8. The van der Waals surface area contributed by atoms with Gasteiger partial charge in [0.1, 0.15) is 5.69 Å². The average molecular weight is 380 g/mol. The predicted octanol–water partition coefficient (Wildman–Crippen LogP) is 4.07. The van der Waals surface area contributed by atoms with Crippen molar-refractivity contribution in [3.8, 4) is 0 Å². The number of nitrogen functional groups attached to an aromatic ring is 1. The molecule has 1 aromatic carbocycles. The summed E-state index contributed by atoms with van der Waals surface area (Å²) in [6, 6.07) is 4.48. The van der Waals surface area contributed by atoms with Crippen LogP contribution in [0.5, 0.6) is 0 Å². The van der Waals surface area contributed by atoms with Gasteiger partial charge in [-0.2, -0.15) is 18.3 Å². The number of carbonyl (C=O) groups is 1. The Kier molecular flexibility index (Phi) is 5.17. The zero-order valence-corrected chi connectivity index (χ0v) is 15.4. The van der Waals surface area contributed by atoms with E-state index in [1.54, 1.807) is 4.90 Å². The summed E-state index contributed by atoms with van der Waals surface area (Å²) in [7, 11) is 0. The first-order chi connectivity index (χ1) is 12.7. The average Bonchev–Trinajstić information content (AvgIpc) is 3.06. The third kappa shape index (κ3) is 4.09. The van der Waals surface area contributed by atoms with Crippen LogP contribution in [0.25, 0.3) is 0 Å². The maximum atomic E-state index is 12.9. The fraction of sp³-hybridized carbons (Fsp3) is 0.474. The van der Waals surface area contributed by atoms with Gasteiger partial charge in [0.05, 0.1) is 0 Å². The Labute approximate surface area is 155 Å². The van der Waals surface area contributed by atoms with Crippen LogP contribution < -0.4 is 5.73 Å². The molecule has 3 rings (SSSR count). The van der Waals surface area contributed by atoms with Crippen LogP contribution in [0, 0.1) is 19.8 Å². The van der Waals surface area contributed by atoms with E-state index in [0.717, 1.165) is 42.0 Å². The Balaban J connectivity index is 1.88. The van der Waals surface area contributed by atoms with Crippen molar-refractivity contribution in [2.45, 2.75) is 45.8 Å². The number of alkyl halides is 3. The summed E-state index contributed by atoms with van der Waals surface area (Å²) in [5.74, 6) is -0.133. The molecule has 27 heavy (non-hydrogen) atoms. The van der Waals surface area contributed by atoms with Gasteiger partial charge in [0.15, 0.2) is 5.69 Å². The van der Waals surface area contributed by atoms with Gasteiger partial charge in [0.2, 0.25) is 0 Å². The van der Waals surface area contributed by atoms with E-state index in [9.17, 15) is 18.0 Å². The van der Waals surface area contributed by atoms with Crippen molar-refractivity contribution < 1.29 is 18.0 Å². The Morgan fingerprint density at radius 2 is 2.04 bits per heavy atom. The van der Waals surface area contributed by atoms with Gasteiger partial charge in [0, 0.05) is 24.8 Å². The Morgan fingerprint density at radius 1 is 1.33 bits per heavy atom. The number of rotatable bonds is 5. The molecule has 1 saturated carbocycles. The molecule has 0 saturated heterocycles. The third-order valence-electron chi connectivity index (χ3n) is 5.32. The van der Waals surface area contributed by atoms with Crippen molar-refractivity contribution in [1.29, 1.82) is 0 Å². The lowest BCUT2D eigenvalue weighted by Crippen LogP contribution is -2.37. The van der Waals surface area contributed by atoms with Crippen LogP contribution in [0.1, 0.15) is 52.1 Å². The number of aryl methyl sites for hydroxylation is 1. The smallest absolute Gasteiger partial charge is 0.399 e. The second kappa shape index (κ2) is 7.25. The molecule has 1 aliphatic rings. The number of aromatic nitrogens is 2. The first-order valence-corrected chi connectivity index (χ1v) is 8.93. The number of aromatic amines is 1. The largest absolute Gasteiger partial charge is 0.432 e. The maximum Gasteiger partial charge on any atom is 0.432 e.